The average molecular weight is 329 g/mol. The van der Waals surface area contributed by atoms with E-state index in [1.54, 1.807) is 23.1 Å². The molecule has 0 fully saturated rings. The molecular weight excluding hydrogens is 314 g/mol. The lowest BCUT2D eigenvalue weighted by Crippen LogP contribution is -2.29. The van der Waals surface area contributed by atoms with Gasteiger partial charge in [-0.25, -0.2) is 5.84 Å². The van der Waals surface area contributed by atoms with Crippen molar-refractivity contribution >= 4 is 45.5 Å². The van der Waals surface area contributed by atoms with Gasteiger partial charge in [0.15, 0.2) is 4.34 Å². The van der Waals surface area contributed by atoms with Crippen LogP contribution in [0.25, 0.3) is 0 Å². The maximum Gasteiger partial charge on any atom is 0.275 e. The molecule has 2 aromatic rings. The van der Waals surface area contributed by atoms with E-state index in [-0.39, 0.29) is 5.91 Å². The second kappa shape index (κ2) is 6.53. The number of thioether (sulfide) groups is 1. The first kappa shape index (κ1) is 15.2. The van der Waals surface area contributed by atoms with Gasteiger partial charge in [0.05, 0.1) is 4.88 Å². The molecule has 108 valence electrons. The van der Waals surface area contributed by atoms with Crippen LogP contribution < -0.4 is 16.2 Å². The maximum absolute atomic E-state index is 11.5. The van der Waals surface area contributed by atoms with Gasteiger partial charge in [0, 0.05) is 24.7 Å². The number of carbonyl (C=O) groups is 1. The van der Waals surface area contributed by atoms with Gasteiger partial charge >= 0.3 is 0 Å². The van der Waals surface area contributed by atoms with Crippen molar-refractivity contribution in [3.63, 3.8) is 0 Å². The molecule has 2 aromatic heterocycles. The van der Waals surface area contributed by atoms with Crippen LogP contribution in [0, 0.1) is 6.92 Å². The summed E-state index contributed by atoms with van der Waals surface area (Å²) in [6.07, 6.45) is 0. The lowest BCUT2D eigenvalue weighted by molar-refractivity contribution is 0.0957. The minimum Gasteiger partial charge on any atom is -0.353 e. The van der Waals surface area contributed by atoms with E-state index < -0.39 is 0 Å². The largest absolute Gasteiger partial charge is 0.353 e. The maximum atomic E-state index is 11.5. The Morgan fingerprint density at radius 1 is 1.45 bits per heavy atom. The van der Waals surface area contributed by atoms with Gasteiger partial charge in [-0.2, -0.15) is 0 Å². The number of nitrogen functional groups attached to an aromatic ring is 1. The highest BCUT2D eigenvalue weighted by Gasteiger charge is 2.13. The number of amides is 1. The number of aromatic nitrogens is 2. The summed E-state index contributed by atoms with van der Waals surface area (Å²) in [5.74, 6) is 5.66. The van der Waals surface area contributed by atoms with Gasteiger partial charge in [-0.15, -0.1) is 21.5 Å². The highest BCUT2D eigenvalue weighted by atomic mass is 32.2. The van der Waals surface area contributed by atoms with E-state index in [2.05, 4.69) is 15.6 Å². The van der Waals surface area contributed by atoms with Gasteiger partial charge in [-0.05, 0) is 18.6 Å². The number of nitrogens with two attached hydrogens (primary N) is 1. The predicted octanol–water partition coefficient (Wildman–Crippen LogP) is 1.87. The number of hydrogen-bond acceptors (Lipinski definition) is 8. The molecule has 2 heterocycles. The summed E-state index contributed by atoms with van der Waals surface area (Å²) in [5, 5.41) is 9.11. The van der Waals surface area contributed by atoms with E-state index in [0.29, 0.717) is 4.88 Å². The number of carbonyl (C=O) groups excluding carboxylic acids is 1. The molecule has 3 N–H and O–H groups in total. The first-order valence-electron chi connectivity index (χ1n) is 5.75. The highest BCUT2D eigenvalue weighted by Crippen LogP contribution is 2.32. The van der Waals surface area contributed by atoms with Gasteiger partial charge < -0.3 is 4.90 Å². The summed E-state index contributed by atoms with van der Waals surface area (Å²) in [5.41, 5.74) is 3.28. The summed E-state index contributed by atoms with van der Waals surface area (Å²) in [7, 11) is 3.88. The van der Waals surface area contributed by atoms with Crippen LogP contribution in [-0.2, 0) is 5.75 Å². The van der Waals surface area contributed by atoms with Crippen molar-refractivity contribution in [2.45, 2.75) is 17.0 Å². The van der Waals surface area contributed by atoms with Crippen molar-refractivity contribution < 1.29 is 4.79 Å². The van der Waals surface area contributed by atoms with Crippen LogP contribution in [0.15, 0.2) is 10.4 Å². The molecule has 0 saturated carbocycles. The summed E-state index contributed by atoms with van der Waals surface area (Å²) < 4.78 is 0.920. The first-order chi connectivity index (χ1) is 9.51. The molecular formula is C11H15N5OS3. The Balaban J connectivity index is 2.03. The van der Waals surface area contributed by atoms with Crippen LogP contribution in [0.1, 0.15) is 20.1 Å². The zero-order valence-corrected chi connectivity index (χ0v) is 13.8. The van der Waals surface area contributed by atoms with Gasteiger partial charge in [0.25, 0.3) is 5.91 Å². The first-order valence-corrected chi connectivity index (χ1v) is 8.37. The van der Waals surface area contributed by atoms with Crippen LogP contribution in [0.4, 0.5) is 5.13 Å². The third kappa shape index (κ3) is 3.48. The number of anilines is 1. The summed E-state index contributed by atoms with van der Waals surface area (Å²) in [6, 6.07) is 1.88. The topological polar surface area (TPSA) is 84.1 Å². The number of nitrogens with one attached hydrogen (secondary N) is 1. The molecule has 6 nitrogen and oxygen atoms in total. The van der Waals surface area contributed by atoms with Crippen LogP contribution in [0.3, 0.4) is 0 Å². The third-order valence-corrected chi connectivity index (χ3v) is 5.87. The molecule has 0 aliphatic carbocycles. The standard InChI is InChI=1S/C11H15N5OS3/c1-6-7(4-8(19-6)9(17)13-12)5-18-11-15-14-10(20-11)16(2)3/h4H,5,12H2,1-3H3,(H,13,17). The zero-order chi connectivity index (χ0) is 14.7. The Kier molecular flexibility index (Phi) is 4.97. The van der Waals surface area contributed by atoms with Crippen LogP contribution in [0.5, 0.6) is 0 Å². The molecule has 20 heavy (non-hydrogen) atoms. The second-order valence-corrected chi connectivity index (χ2v) is 7.63. The quantitative estimate of drug-likeness (QED) is 0.377. The van der Waals surface area contributed by atoms with Crippen molar-refractivity contribution in [1.82, 2.24) is 15.6 Å². The van der Waals surface area contributed by atoms with E-state index in [4.69, 9.17) is 5.84 Å². The lowest BCUT2D eigenvalue weighted by Gasteiger charge is -2.03. The molecule has 0 radical (unpaired) electrons. The fourth-order valence-corrected chi connectivity index (χ4v) is 4.28. The second-order valence-electron chi connectivity index (χ2n) is 4.20. The van der Waals surface area contributed by atoms with E-state index >= 15 is 0 Å². The summed E-state index contributed by atoms with van der Waals surface area (Å²) >= 11 is 4.62. The summed E-state index contributed by atoms with van der Waals surface area (Å²) in [6.45, 7) is 2.00. The predicted molar refractivity (Wildman–Crippen MR) is 84.5 cm³/mol. The number of aryl methyl sites for hydroxylation is 1. The van der Waals surface area contributed by atoms with Gasteiger partial charge in [-0.1, -0.05) is 23.1 Å². The SMILES string of the molecule is Cc1sc(C(=O)NN)cc1CSc1nnc(N(C)C)s1. The fourth-order valence-electron chi connectivity index (χ4n) is 1.43. The number of hydrazine groups is 1. The smallest absolute Gasteiger partial charge is 0.275 e. The number of thiophene rings is 1. The number of rotatable bonds is 5. The monoisotopic (exact) mass is 329 g/mol. The zero-order valence-electron chi connectivity index (χ0n) is 11.3. The summed E-state index contributed by atoms with van der Waals surface area (Å²) in [4.78, 5) is 15.2. The molecule has 0 bridgehead atoms. The lowest BCUT2D eigenvalue weighted by atomic mass is 10.3. The number of hydrogen-bond donors (Lipinski definition) is 2. The van der Waals surface area contributed by atoms with Crippen molar-refractivity contribution in [2.24, 2.45) is 5.84 Å². The fraction of sp³-hybridized carbons (Fsp3) is 0.364. The Hall–Kier alpha value is -1.16. The number of nitrogens with zero attached hydrogens (tertiary/aromatic N) is 3. The molecule has 0 spiro atoms. The van der Waals surface area contributed by atoms with Gasteiger partial charge in [-0.3, -0.25) is 10.2 Å². The van der Waals surface area contributed by atoms with E-state index in [9.17, 15) is 4.79 Å². The molecule has 0 atom stereocenters. The molecule has 0 unspecified atom stereocenters. The Morgan fingerprint density at radius 2 is 2.20 bits per heavy atom. The average Bonchev–Trinajstić information content (AvgIpc) is 3.02. The Labute approximate surface area is 129 Å². The van der Waals surface area contributed by atoms with Crippen molar-refractivity contribution in [3.05, 3.63) is 21.4 Å². The molecule has 0 aliphatic rings. The minimum absolute atomic E-state index is 0.250. The normalized spacial score (nSPS) is 10.6. The highest BCUT2D eigenvalue weighted by molar-refractivity contribution is 8.00. The molecule has 0 saturated heterocycles. The van der Waals surface area contributed by atoms with Crippen molar-refractivity contribution in [1.29, 1.82) is 0 Å². The van der Waals surface area contributed by atoms with Crippen LogP contribution in [-0.4, -0.2) is 30.2 Å². The Morgan fingerprint density at radius 3 is 2.80 bits per heavy atom. The molecule has 0 aromatic carbocycles. The molecule has 2 rings (SSSR count). The van der Waals surface area contributed by atoms with E-state index in [1.165, 1.54) is 11.3 Å². The van der Waals surface area contributed by atoms with Gasteiger partial charge in [0.1, 0.15) is 0 Å². The van der Waals surface area contributed by atoms with E-state index in [1.807, 2.05) is 32.0 Å². The Bertz CT molecular complexity index is 607. The van der Waals surface area contributed by atoms with Crippen LogP contribution in [0.2, 0.25) is 0 Å². The van der Waals surface area contributed by atoms with Gasteiger partial charge in [0.2, 0.25) is 5.13 Å². The van der Waals surface area contributed by atoms with Crippen molar-refractivity contribution in [3.8, 4) is 0 Å². The molecule has 9 heteroatoms. The third-order valence-electron chi connectivity index (χ3n) is 2.50. The van der Waals surface area contributed by atoms with E-state index in [0.717, 1.165) is 25.7 Å². The molecule has 0 aliphatic heterocycles. The molecule has 1 amide bonds. The van der Waals surface area contributed by atoms with Crippen molar-refractivity contribution in [2.75, 3.05) is 19.0 Å². The van der Waals surface area contributed by atoms with Crippen LogP contribution >= 0.6 is 34.4 Å². The minimum atomic E-state index is -0.250.